The fourth-order valence-corrected chi connectivity index (χ4v) is 1.68. The molecule has 0 unspecified atom stereocenters. The summed E-state index contributed by atoms with van der Waals surface area (Å²) in [6.07, 6.45) is 3.50. The highest BCUT2D eigenvalue weighted by Crippen LogP contribution is 2.00. The summed E-state index contributed by atoms with van der Waals surface area (Å²) in [6.45, 7) is 1.80. The van der Waals surface area contributed by atoms with Crippen molar-refractivity contribution < 1.29 is 26.6 Å². The summed E-state index contributed by atoms with van der Waals surface area (Å²) in [5.41, 5.74) is 1.35. The second-order valence-electron chi connectivity index (χ2n) is 4.10. The third kappa shape index (κ3) is 4.00. The van der Waals surface area contributed by atoms with E-state index in [0.717, 1.165) is 0 Å². The lowest BCUT2D eigenvalue weighted by Crippen LogP contribution is -3.00. The Morgan fingerprint density at radius 2 is 1.53 bits per heavy atom. The number of benzene rings is 1. The van der Waals surface area contributed by atoms with Crippen molar-refractivity contribution in [3.05, 3.63) is 66.0 Å². The first kappa shape index (κ1) is 15.1. The fourth-order valence-electron chi connectivity index (χ4n) is 1.68. The van der Waals surface area contributed by atoms with E-state index < -0.39 is 0 Å². The molecular weight excluding hydrogens is 262 g/mol. The van der Waals surface area contributed by atoms with E-state index in [0.29, 0.717) is 11.1 Å². The van der Waals surface area contributed by atoms with E-state index in [1.807, 2.05) is 18.2 Å². The van der Waals surface area contributed by atoms with Crippen LogP contribution in [-0.2, 0) is 6.54 Å². The Labute approximate surface area is 118 Å². The lowest BCUT2D eigenvalue weighted by molar-refractivity contribution is -0.683. The molecule has 2 rings (SSSR count). The number of hydrogen-bond acceptors (Lipinski definition) is 2. The summed E-state index contributed by atoms with van der Waals surface area (Å²) >= 11 is 0. The SMILES string of the molecule is CC(=O)c1cc[n+](CC(=O)c2ccccc2)cc1.[Cl-]. The lowest BCUT2D eigenvalue weighted by atomic mass is 10.1. The summed E-state index contributed by atoms with van der Waals surface area (Å²) in [4.78, 5) is 23.1. The van der Waals surface area contributed by atoms with Gasteiger partial charge in [0.1, 0.15) is 0 Å². The van der Waals surface area contributed by atoms with Crippen LogP contribution in [0.1, 0.15) is 27.6 Å². The second-order valence-corrected chi connectivity index (χ2v) is 4.10. The Bertz CT molecular complexity index is 564. The van der Waals surface area contributed by atoms with Gasteiger partial charge in [-0.3, -0.25) is 9.59 Å². The van der Waals surface area contributed by atoms with Gasteiger partial charge in [0.15, 0.2) is 18.2 Å². The van der Waals surface area contributed by atoms with Crippen molar-refractivity contribution in [3.8, 4) is 0 Å². The first-order valence-corrected chi connectivity index (χ1v) is 5.75. The smallest absolute Gasteiger partial charge is 0.227 e. The molecule has 0 saturated heterocycles. The minimum atomic E-state index is 0. The van der Waals surface area contributed by atoms with Gasteiger partial charge in [0.2, 0.25) is 12.3 Å². The first-order chi connectivity index (χ1) is 8.66. The number of rotatable bonds is 4. The van der Waals surface area contributed by atoms with E-state index in [-0.39, 0.29) is 30.5 Å². The molecule has 0 aliphatic heterocycles. The van der Waals surface area contributed by atoms with Crippen LogP contribution in [0.5, 0.6) is 0 Å². The minimum Gasteiger partial charge on any atom is -1.00 e. The minimum absolute atomic E-state index is 0. The maximum Gasteiger partial charge on any atom is 0.227 e. The predicted octanol–water partition coefficient (Wildman–Crippen LogP) is -0.936. The maximum absolute atomic E-state index is 11.9. The largest absolute Gasteiger partial charge is 1.00 e. The Morgan fingerprint density at radius 3 is 2.05 bits per heavy atom. The quantitative estimate of drug-likeness (QED) is 0.534. The molecule has 3 nitrogen and oxygen atoms in total. The van der Waals surface area contributed by atoms with Crippen LogP contribution in [0.4, 0.5) is 0 Å². The van der Waals surface area contributed by atoms with Crippen LogP contribution in [0.3, 0.4) is 0 Å². The number of carbonyl (C=O) groups excluding carboxylic acids is 2. The van der Waals surface area contributed by atoms with E-state index in [1.165, 1.54) is 6.92 Å². The zero-order valence-electron chi connectivity index (χ0n) is 10.5. The third-order valence-corrected chi connectivity index (χ3v) is 2.72. The van der Waals surface area contributed by atoms with Crippen molar-refractivity contribution in [2.45, 2.75) is 13.5 Å². The molecule has 0 fully saturated rings. The van der Waals surface area contributed by atoms with Crippen LogP contribution in [0.2, 0.25) is 0 Å². The highest BCUT2D eigenvalue weighted by atomic mass is 35.5. The van der Waals surface area contributed by atoms with Crippen LogP contribution in [-0.4, -0.2) is 11.6 Å². The van der Waals surface area contributed by atoms with E-state index >= 15 is 0 Å². The Hall–Kier alpha value is -2.00. The standard InChI is InChI=1S/C15H14NO2.ClH/c1-12(17)13-7-9-16(10-8-13)11-15(18)14-5-3-2-4-6-14;/h2-10H,11H2,1H3;1H/q+1;/p-1. The molecule has 1 aromatic carbocycles. The molecule has 98 valence electrons. The van der Waals surface area contributed by atoms with Crippen LogP contribution in [0, 0.1) is 0 Å². The molecule has 0 bridgehead atoms. The van der Waals surface area contributed by atoms with Gasteiger partial charge in [0, 0.05) is 23.3 Å². The highest BCUT2D eigenvalue weighted by molar-refractivity contribution is 5.95. The lowest BCUT2D eigenvalue weighted by Gasteiger charge is -1.98. The normalized spacial score (nSPS) is 9.53. The van der Waals surface area contributed by atoms with Crippen molar-refractivity contribution in [3.63, 3.8) is 0 Å². The summed E-state index contributed by atoms with van der Waals surface area (Å²) < 4.78 is 1.77. The second kappa shape index (κ2) is 6.81. The molecule has 0 radical (unpaired) electrons. The summed E-state index contributed by atoms with van der Waals surface area (Å²) in [6, 6.07) is 12.6. The molecule has 4 heteroatoms. The van der Waals surface area contributed by atoms with E-state index in [1.54, 1.807) is 41.2 Å². The predicted molar refractivity (Wildman–Crippen MR) is 67.4 cm³/mol. The van der Waals surface area contributed by atoms with Crippen LogP contribution in [0.25, 0.3) is 0 Å². The van der Waals surface area contributed by atoms with Crippen LogP contribution in [0.15, 0.2) is 54.9 Å². The van der Waals surface area contributed by atoms with Gasteiger partial charge in [0.25, 0.3) is 0 Å². The number of nitrogens with zero attached hydrogens (tertiary/aromatic N) is 1. The maximum atomic E-state index is 11.9. The molecule has 19 heavy (non-hydrogen) atoms. The molecule has 0 aliphatic rings. The molecule has 2 aromatic rings. The molecular formula is C15H14ClNO2. The summed E-state index contributed by atoms with van der Waals surface area (Å²) in [5, 5.41) is 0. The molecule has 0 atom stereocenters. The number of aromatic nitrogens is 1. The van der Waals surface area contributed by atoms with Crippen LogP contribution >= 0.6 is 0 Å². The molecule has 0 spiro atoms. The first-order valence-electron chi connectivity index (χ1n) is 5.75. The topological polar surface area (TPSA) is 38.0 Å². The van der Waals surface area contributed by atoms with Gasteiger partial charge in [-0.15, -0.1) is 0 Å². The van der Waals surface area contributed by atoms with Gasteiger partial charge in [0.05, 0.1) is 0 Å². The van der Waals surface area contributed by atoms with Crippen molar-refractivity contribution in [1.29, 1.82) is 0 Å². The molecule has 0 aliphatic carbocycles. The number of halogens is 1. The fraction of sp³-hybridized carbons (Fsp3) is 0.133. The zero-order valence-corrected chi connectivity index (χ0v) is 11.3. The van der Waals surface area contributed by atoms with E-state index in [2.05, 4.69) is 0 Å². The van der Waals surface area contributed by atoms with E-state index in [9.17, 15) is 9.59 Å². The zero-order chi connectivity index (χ0) is 13.0. The Morgan fingerprint density at radius 1 is 0.947 bits per heavy atom. The monoisotopic (exact) mass is 275 g/mol. The van der Waals surface area contributed by atoms with Gasteiger partial charge in [-0.25, -0.2) is 0 Å². The van der Waals surface area contributed by atoms with Crippen molar-refractivity contribution in [2.24, 2.45) is 0 Å². The Balaban J connectivity index is 0.00000180. The van der Waals surface area contributed by atoms with Gasteiger partial charge in [-0.05, 0) is 6.92 Å². The number of Topliss-reactive ketones (excluding diaryl/α,β-unsaturated/α-hetero) is 2. The molecule has 1 heterocycles. The van der Waals surface area contributed by atoms with Crippen molar-refractivity contribution >= 4 is 11.6 Å². The van der Waals surface area contributed by atoms with Gasteiger partial charge in [-0.1, -0.05) is 30.3 Å². The van der Waals surface area contributed by atoms with Gasteiger partial charge >= 0.3 is 0 Å². The summed E-state index contributed by atoms with van der Waals surface area (Å²) in [5.74, 6) is 0.0766. The molecule has 0 saturated carbocycles. The Kier molecular flexibility index (Phi) is 5.39. The number of hydrogen-bond donors (Lipinski definition) is 0. The average molecular weight is 276 g/mol. The number of carbonyl (C=O) groups is 2. The van der Waals surface area contributed by atoms with Crippen LogP contribution < -0.4 is 17.0 Å². The van der Waals surface area contributed by atoms with Crippen molar-refractivity contribution in [1.82, 2.24) is 0 Å². The number of ketones is 2. The van der Waals surface area contributed by atoms with Crippen molar-refractivity contribution in [2.75, 3.05) is 0 Å². The van der Waals surface area contributed by atoms with Gasteiger partial charge in [-0.2, -0.15) is 4.57 Å². The summed E-state index contributed by atoms with van der Waals surface area (Å²) in [7, 11) is 0. The highest BCUT2D eigenvalue weighted by Gasteiger charge is 2.11. The molecule has 0 amide bonds. The number of pyridine rings is 1. The third-order valence-electron chi connectivity index (χ3n) is 2.72. The molecule has 1 aromatic heterocycles. The van der Waals surface area contributed by atoms with Gasteiger partial charge < -0.3 is 12.4 Å². The average Bonchev–Trinajstić information content (AvgIpc) is 2.40. The van der Waals surface area contributed by atoms with E-state index in [4.69, 9.17) is 0 Å². The molecule has 0 N–H and O–H groups in total.